The molecule has 2 heterocycles. The average molecular weight is 325 g/mol. The summed E-state index contributed by atoms with van der Waals surface area (Å²) in [6.45, 7) is 0.826. The number of hydrogen-bond acceptors (Lipinski definition) is 4. The molecule has 0 saturated carbocycles. The largest absolute Gasteiger partial charge is 0.334 e. The number of aromatic amines is 1. The molecule has 0 aliphatic carbocycles. The molecule has 1 aliphatic rings. The number of rotatable bonds is 3. The number of aromatic nitrogens is 1. The Bertz CT molecular complexity index is 871. The van der Waals surface area contributed by atoms with Gasteiger partial charge in [-0.1, -0.05) is 36.4 Å². The predicted octanol–water partition coefficient (Wildman–Crippen LogP) is 2.21. The van der Waals surface area contributed by atoms with E-state index in [4.69, 9.17) is 0 Å². The SMILES string of the molecule is O=C(c1cc([N+](=O)[O-])c[nH]c1=O)N1CC=C(c2ccccc2)CC1. The van der Waals surface area contributed by atoms with E-state index >= 15 is 0 Å². The van der Waals surface area contributed by atoms with Crippen molar-refractivity contribution in [2.75, 3.05) is 13.1 Å². The molecule has 2 aromatic rings. The van der Waals surface area contributed by atoms with Gasteiger partial charge >= 0.3 is 0 Å². The van der Waals surface area contributed by atoms with E-state index in [1.54, 1.807) is 0 Å². The summed E-state index contributed by atoms with van der Waals surface area (Å²) in [5.74, 6) is -0.497. The molecule has 0 atom stereocenters. The second-order valence-corrected chi connectivity index (χ2v) is 5.45. The van der Waals surface area contributed by atoms with Gasteiger partial charge in [0, 0.05) is 19.2 Å². The van der Waals surface area contributed by atoms with Crippen LogP contribution < -0.4 is 5.56 Å². The van der Waals surface area contributed by atoms with Gasteiger partial charge in [-0.15, -0.1) is 0 Å². The van der Waals surface area contributed by atoms with Crippen LogP contribution in [0.4, 0.5) is 5.69 Å². The van der Waals surface area contributed by atoms with E-state index in [9.17, 15) is 19.7 Å². The van der Waals surface area contributed by atoms with Crippen LogP contribution in [0.3, 0.4) is 0 Å². The molecule has 1 aromatic heterocycles. The van der Waals surface area contributed by atoms with Gasteiger partial charge in [-0.05, 0) is 17.6 Å². The van der Waals surface area contributed by atoms with Crippen LogP contribution in [0, 0.1) is 10.1 Å². The summed E-state index contributed by atoms with van der Waals surface area (Å²) < 4.78 is 0. The first kappa shape index (κ1) is 15.7. The Morgan fingerprint density at radius 2 is 2.00 bits per heavy atom. The third kappa shape index (κ3) is 3.10. The Balaban J connectivity index is 1.81. The topological polar surface area (TPSA) is 96.3 Å². The molecule has 1 aromatic carbocycles. The van der Waals surface area contributed by atoms with Gasteiger partial charge in [0.2, 0.25) is 0 Å². The van der Waals surface area contributed by atoms with Gasteiger partial charge in [-0.25, -0.2) is 0 Å². The summed E-state index contributed by atoms with van der Waals surface area (Å²) in [6.07, 6.45) is 3.60. The van der Waals surface area contributed by atoms with Gasteiger partial charge in [0.05, 0.1) is 11.1 Å². The van der Waals surface area contributed by atoms with Crippen LogP contribution in [0.25, 0.3) is 5.57 Å². The molecule has 1 aliphatic heterocycles. The van der Waals surface area contributed by atoms with Gasteiger partial charge in [0.15, 0.2) is 0 Å². The van der Waals surface area contributed by atoms with Crippen molar-refractivity contribution in [2.24, 2.45) is 0 Å². The monoisotopic (exact) mass is 325 g/mol. The highest BCUT2D eigenvalue weighted by atomic mass is 16.6. The van der Waals surface area contributed by atoms with Crippen LogP contribution in [0.2, 0.25) is 0 Å². The highest BCUT2D eigenvalue weighted by Gasteiger charge is 2.23. The van der Waals surface area contributed by atoms with Crippen molar-refractivity contribution in [3.63, 3.8) is 0 Å². The van der Waals surface area contributed by atoms with Crippen LogP contribution in [0.15, 0.2) is 53.5 Å². The van der Waals surface area contributed by atoms with Crippen molar-refractivity contribution < 1.29 is 9.72 Å². The molecule has 0 unspecified atom stereocenters. The molecule has 0 fully saturated rings. The summed E-state index contributed by atoms with van der Waals surface area (Å²) in [5.41, 5.74) is 1.12. The van der Waals surface area contributed by atoms with Crippen molar-refractivity contribution in [3.05, 3.63) is 80.3 Å². The first-order valence-electron chi connectivity index (χ1n) is 7.47. The third-order valence-electron chi connectivity index (χ3n) is 3.97. The van der Waals surface area contributed by atoms with Gasteiger partial charge in [-0.3, -0.25) is 19.7 Å². The molecular weight excluding hydrogens is 310 g/mol. The number of amides is 1. The van der Waals surface area contributed by atoms with Gasteiger partial charge in [-0.2, -0.15) is 0 Å². The fraction of sp³-hybridized carbons (Fsp3) is 0.176. The molecule has 122 valence electrons. The number of pyridine rings is 1. The fourth-order valence-electron chi connectivity index (χ4n) is 2.67. The molecule has 1 amide bonds. The minimum atomic E-state index is -0.643. The van der Waals surface area contributed by atoms with Crippen LogP contribution in [-0.4, -0.2) is 33.8 Å². The molecule has 24 heavy (non-hydrogen) atoms. The van der Waals surface area contributed by atoms with E-state index in [0.29, 0.717) is 19.5 Å². The van der Waals surface area contributed by atoms with E-state index < -0.39 is 16.4 Å². The second-order valence-electron chi connectivity index (χ2n) is 5.45. The van der Waals surface area contributed by atoms with Gasteiger partial charge < -0.3 is 9.88 Å². The molecule has 0 saturated heterocycles. The highest BCUT2D eigenvalue weighted by Crippen LogP contribution is 2.22. The van der Waals surface area contributed by atoms with E-state index in [-0.39, 0.29) is 11.3 Å². The van der Waals surface area contributed by atoms with E-state index in [1.165, 1.54) is 4.90 Å². The molecule has 0 spiro atoms. The maximum absolute atomic E-state index is 12.5. The van der Waals surface area contributed by atoms with Crippen LogP contribution in [0.5, 0.6) is 0 Å². The number of nitrogens with one attached hydrogen (secondary N) is 1. The van der Waals surface area contributed by atoms with Crippen molar-refractivity contribution >= 4 is 17.2 Å². The number of H-pyrrole nitrogens is 1. The summed E-state index contributed by atoms with van der Waals surface area (Å²) in [5, 5.41) is 10.8. The van der Waals surface area contributed by atoms with Crippen LogP contribution >= 0.6 is 0 Å². The highest BCUT2D eigenvalue weighted by molar-refractivity contribution is 5.95. The maximum atomic E-state index is 12.5. The Morgan fingerprint density at radius 3 is 2.62 bits per heavy atom. The number of benzene rings is 1. The van der Waals surface area contributed by atoms with Crippen molar-refractivity contribution in [2.45, 2.75) is 6.42 Å². The predicted molar refractivity (Wildman–Crippen MR) is 88.7 cm³/mol. The lowest BCUT2D eigenvalue weighted by Gasteiger charge is -2.26. The third-order valence-corrected chi connectivity index (χ3v) is 3.97. The molecule has 0 radical (unpaired) electrons. The summed E-state index contributed by atoms with van der Waals surface area (Å²) in [6, 6.07) is 10.9. The van der Waals surface area contributed by atoms with Crippen molar-refractivity contribution in [1.29, 1.82) is 0 Å². The molecular formula is C17H15N3O4. The molecule has 0 bridgehead atoms. The lowest BCUT2D eigenvalue weighted by molar-refractivity contribution is -0.385. The number of nitrogens with zero attached hydrogens (tertiary/aromatic N) is 2. The quantitative estimate of drug-likeness (QED) is 0.691. The van der Waals surface area contributed by atoms with E-state index in [0.717, 1.165) is 23.4 Å². The zero-order chi connectivity index (χ0) is 17.1. The summed E-state index contributed by atoms with van der Waals surface area (Å²) >= 11 is 0. The lowest BCUT2D eigenvalue weighted by Crippen LogP contribution is -2.37. The van der Waals surface area contributed by atoms with Crippen LogP contribution in [0.1, 0.15) is 22.3 Å². The van der Waals surface area contributed by atoms with Crippen LogP contribution in [-0.2, 0) is 0 Å². The second kappa shape index (κ2) is 6.49. The number of hydrogen-bond donors (Lipinski definition) is 1. The standard InChI is InChI=1S/C17H15N3O4/c21-16-15(10-14(11-18-16)20(23)24)17(22)19-8-6-13(7-9-19)12-4-2-1-3-5-12/h1-6,10-11H,7-9H2,(H,18,21). The number of carbonyl (C=O) groups excluding carboxylic acids is 1. The molecule has 7 nitrogen and oxygen atoms in total. The average Bonchev–Trinajstić information content (AvgIpc) is 2.62. The van der Waals surface area contributed by atoms with Crippen molar-refractivity contribution in [3.8, 4) is 0 Å². The zero-order valence-electron chi connectivity index (χ0n) is 12.8. The lowest BCUT2D eigenvalue weighted by atomic mass is 9.99. The van der Waals surface area contributed by atoms with E-state index in [1.807, 2.05) is 36.4 Å². The van der Waals surface area contributed by atoms with Gasteiger partial charge in [0.25, 0.3) is 17.2 Å². The van der Waals surface area contributed by atoms with E-state index in [2.05, 4.69) is 4.98 Å². The smallest absolute Gasteiger partial charge is 0.286 e. The number of nitro groups is 1. The van der Waals surface area contributed by atoms with Crippen molar-refractivity contribution in [1.82, 2.24) is 9.88 Å². The first-order chi connectivity index (χ1) is 11.6. The summed E-state index contributed by atoms with van der Waals surface area (Å²) in [7, 11) is 0. The minimum absolute atomic E-state index is 0.208. The van der Waals surface area contributed by atoms with Gasteiger partial charge in [0.1, 0.15) is 5.56 Å². The maximum Gasteiger partial charge on any atom is 0.286 e. The Labute approximate surface area is 137 Å². The molecule has 1 N–H and O–H groups in total. The molecule has 3 rings (SSSR count). The zero-order valence-corrected chi connectivity index (χ0v) is 12.8. The summed E-state index contributed by atoms with van der Waals surface area (Å²) in [4.78, 5) is 38.2. The Kier molecular flexibility index (Phi) is 4.24. The molecule has 7 heteroatoms. The number of carbonyl (C=O) groups is 1. The Hall–Kier alpha value is -3.22. The Morgan fingerprint density at radius 1 is 1.25 bits per heavy atom. The first-order valence-corrected chi connectivity index (χ1v) is 7.47. The fourth-order valence-corrected chi connectivity index (χ4v) is 2.67. The minimum Gasteiger partial charge on any atom is -0.334 e. The normalized spacial score (nSPS) is 14.2.